The van der Waals surface area contributed by atoms with Gasteiger partial charge in [0, 0.05) is 13.1 Å². The Hall–Kier alpha value is -2.91. The molecule has 1 aromatic heterocycles. The summed E-state index contributed by atoms with van der Waals surface area (Å²) in [5.41, 5.74) is 3.94. The lowest BCUT2D eigenvalue weighted by Crippen LogP contribution is -2.36. The molecule has 4 rings (SSSR count). The molecule has 1 amide bonds. The average molecular weight is 425 g/mol. The third-order valence-electron chi connectivity index (χ3n) is 4.89. The van der Waals surface area contributed by atoms with Crippen molar-refractivity contribution in [2.24, 2.45) is 0 Å². The lowest BCUT2D eigenvalue weighted by molar-refractivity contribution is -0.113. The number of anilines is 2. The highest BCUT2D eigenvalue weighted by Gasteiger charge is 2.17. The zero-order chi connectivity index (χ0) is 20.8. The summed E-state index contributed by atoms with van der Waals surface area (Å²) in [6.45, 7) is 5.13. The van der Waals surface area contributed by atoms with Crippen LogP contribution in [0.1, 0.15) is 12.5 Å². The Balaban J connectivity index is 1.40. The summed E-state index contributed by atoms with van der Waals surface area (Å²) in [7, 11) is 0. The van der Waals surface area contributed by atoms with Gasteiger partial charge in [0.25, 0.3) is 0 Å². The van der Waals surface area contributed by atoms with E-state index in [1.54, 1.807) is 4.68 Å². The van der Waals surface area contributed by atoms with Gasteiger partial charge in [-0.1, -0.05) is 43.0 Å². The molecule has 8 nitrogen and oxygen atoms in total. The molecule has 0 unspecified atom stereocenters. The summed E-state index contributed by atoms with van der Waals surface area (Å²) in [5, 5.41) is 15.5. The molecule has 156 valence electrons. The fourth-order valence-corrected chi connectivity index (χ4v) is 3.97. The molecule has 0 spiro atoms. The van der Waals surface area contributed by atoms with Gasteiger partial charge >= 0.3 is 0 Å². The van der Waals surface area contributed by atoms with Crippen LogP contribution in [0, 0.1) is 0 Å². The molecule has 30 heavy (non-hydrogen) atoms. The summed E-state index contributed by atoms with van der Waals surface area (Å²) in [6.07, 6.45) is 0.976. The SMILES string of the molecule is CCc1ccc(-n2nnnc2SCC(=O)Nc2ccccc2N2CCOCC2)cc1. The molecule has 1 aliphatic heterocycles. The van der Waals surface area contributed by atoms with Gasteiger partial charge in [-0.15, -0.1) is 5.10 Å². The third-order valence-corrected chi connectivity index (χ3v) is 5.81. The number of nitrogens with one attached hydrogen (secondary N) is 1. The van der Waals surface area contributed by atoms with Crippen LogP contribution < -0.4 is 10.2 Å². The number of thioether (sulfide) groups is 1. The Bertz CT molecular complexity index is 985. The molecule has 0 saturated carbocycles. The molecular weight excluding hydrogens is 400 g/mol. The van der Waals surface area contributed by atoms with Crippen LogP contribution in [0.25, 0.3) is 5.69 Å². The van der Waals surface area contributed by atoms with Crippen LogP contribution in [0.5, 0.6) is 0 Å². The highest BCUT2D eigenvalue weighted by molar-refractivity contribution is 7.99. The van der Waals surface area contributed by atoms with Gasteiger partial charge in [-0.2, -0.15) is 4.68 Å². The van der Waals surface area contributed by atoms with Crippen molar-refractivity contribution in [3.63, 3.8) is 0 Å². The van der Waals surface area contributed by atoms with Crippen molar-refractivity contribution in [2.45, 2.75) is 18.5 Å². The molecule has 0 bridgehead atoms. The minimum Gasteiger partial charge on any atom is -0.378 e. The number of para-hydroxylation sites is 2. The van der Waals surface area contributed by atoms with Gasteiger partial charge in [0.2, 0.25) is 11.1 Å². The van der Waals surface area contributed by atoms with Gasteiger partial charge < -0.3 is 15.0 Å². The minimum absolute atomic E-state index is 0.100. The van der Waals surface area contributed by atoms with E-state index in [-0.39, 0.29) is 11.7 Å². The number of rotatable bonds is 7. The Morgan fingerprint density at radius 2 is 1.90 bits per heavy atom. The number of tetrazole rings is 1. The van der Waals surface area contributed by atoms with Crippen LogP contribution in [-0.4, -0.2) is 58.2 Å². The number of aromatic nitrogens is 4. The summed E-state index contributed by atoms with van der Waals surface area (Å²) in [5.74, 6) is 0.113. The molecule has 1 saturated heterocycles. The number of aryl methyl sites for hydroxylation is 1. The summed E-state index contributed by atoms with van der Waals surface area (Å²) >= 11 is 1.31. The fourth-order valence-electron chi connectivity index (χ4n) is 3.28. The molecule has 1 aliphatic rings. The van der Waals surface area contributed by atoms with E-state index in [0.717, 1.165) is 36.6 Å². The van der Waals surface area contributed by atoms with Crippen LogP contribution in [0.2, 0.25) is 0 Å². The van der Waals surface area contributed by atoms with Crippen LogP contribution in [0.15, 0.2) is 53.7 Å². The van der Waals surface area contributed by atoms with Crippen LogP contribution in [-0.2, 0) is 16.0 Å². The number of morpholine rings is 1. The second kappa shape index (κ2) is 9.73. The maximum absolute atomic E-state index is 12.6. The number of hydrogen-bond acceptors (Lipinski definition) is 7. The maximum Gasteiger partial charge on any atom is 0.234 e. The number of benzene rings is 2. The number of ether oxygens (including phenoxy) is 1. The topological polar surface area (TPSA) is 85.2 Å². The second-order valence-corrected chi connectivity index (χ2v) is 7.79. The van der Waals surface area contributed by atoms with Crippen molar-refractivity contribution in [1.29, 1.82) is 0 Å². The maximum atomic E-state index is 12.6. The van der Waals surface area contributed by atoms with E-state index >= 15 is 0 Å². The van der Waals surface area contributed by atoms with Crippen molar-refractivity contribution in [1.82, 2.24) is 20.2 Å². The lowest BCUT2D eigenvalue weighted by atomic mass is 10.1. The number of amides is 1. The molecule has 2 aromatic carbocycles. The Morgan fingerprint density at radius 1 is 1.13 bits per heavy atom. The van der Waals surface area contributed by atoms with E-state index in [9.17, 15) is 4.79 Å². The Kier molecular flexibility index (Phi) is 6.60. The molecular formula is C21H24N6O2S. The monoisotopic (exact) mass is 424 g/mol. The van der Waals surface area contributed by atoms with Crippen LogP contribution in [0.4, 0.5) is 11.4 Å². The first kappa shape index (κ1) is 20.4. The number of hydrogen-bond donors (Lipinski definition) is 1. The number of carbonyl (C=O) groups excluding carboxylic acids is 1. The molecule has 9 heteroatoms. The van der Waals surface area contributed by atoms with Crippen molar-refractivity contribution in [2.75, 3.05) is 42.3 Å². The van der Waals surface area contributed by atoms with E-state index in [0.29, 0.717) is 18.4 Å². The molecule has 0 aliphatic carbocycles. The predicted octanol–water partition coefficient (Wildman–Crippen LogP) is 2.79. The minimum atomic E-state index is -0.100. The van der Waals surface area contributed by atoms with Crippen LogP contribution in [0.3, 0.4) is 0 Å². The highest BCUT2D eigenvalue weighted by Crippen LogP contribution is 2.27. The molecule has 1 fully saturated rings. The van der Waals surface area contributed by atoms with Gasteiger partial charge in [0.05, 0.1) is 36.0 Å². The normalized spacial score (nSPS) is 14.0. The first-order valence-electron chi connectivity index (χ1n) is 9.96. The molecule has 1 N–H and O–H groups in total. The van der Waals surface area contributed by atoms with E-state index in [4.69, 9.17) is 4.74 Å². The smallest absolute Gasteiger partial charge is 0.234 e. The van der Waals surface area contributed by atoms with E-state index in [1.165, 1.54) is 17.3 Å². The average Bonchev–Trinajstić information content (AvgIpc) is 3.27. The van der Waals surface area contributed by atoms with E-state index in [2.05, 4.69) is 44.8 Å². The predicted molar refractivity (Wildman–Crippen MR) is 117 cm³/mol. The van der Waals surface area contributed by atoms with E-state index in [1.807, 2.05) is 36.4 Å². The highest BCUT2D eigenvalue weighted by atomic mass is 32.2. The van der Waals surface area contributed by atoms with Crippen LogP contribution >= 0.6 is 11.8 Å². The first-order chi connectivity index (χ1) is 14.7. The molecule has 0 radical (unpaired) electrons. The summed E-state index contributed by atoms with van der Waals surface area (Å²) in [6, 6.07) is 15.9. The van der Waals surface area contributed by atoms with Crippen molar-refractivity contribution < 1.29 is 9.53 Å². The Labute approximate surface area is 179 Å². The fraction of sp³-hybridized carbons (Fsp3) is 0.333. The zero-order valence-corrected chi connectivity index (χ0v) is 17.6. The summed E-state index contributed by atoms with van der Waals surface area (Å²) in [4.78, 5) is 14.8. The van der Waals surface area contributed by atoms with Crippen molar-refractivity contribution in [3.05, 3.63) is 54.1 Å². The second-order valence-electron chi connectivity index (χ2n) is 6.85. The molecule has 3 aromatic rings. The number of carbonyl (C=O) groups is 1. The number of nitrogens with zero attached hydrogens (tertiary/aromatic N) is 5. The van der Waals surface area contributed by atoms with Gasteiger partial charge in [-0.25, -0.2) is 0 Å². The molecule has 0 atom stereocenters. The third kappa shape index (κ3) is 4.80. The van der Waals surface area contributed by atoms with Gasteiger partial charge in [-0.05, 0) is 46.7 Å². The quantitative estimate of drug-likeness (QED) is 0.584. The van der Waals surface area contributed by atoms with Gasteiger partial charge in [0.15, 0.2) is 0 Å². The van der Waals surface area contributed by atoms with E-state index < -0.39 is 0 Å². The van der Waals surface area contributed by atoms with Crippen molar-refractivity contribution >= 4 is 29.0 Å². The Morgan fingerprint density at radius 3 is 2.67 bits per heavy atom. The van der Waals surface area contributed by atoms with Crippen molar-refractivity contribution in [3.8, 4) is 5.69 Å². The molecule has 2 heterocycles. The lowest BCUT2D eigenvalue weighted by Gasteiger charge is -2.30. The largest absolute Gasteiger partial charge is 0.378 e. The summed E-state index contributed by atoms with van der Waals surface area (Å²) < 4.78 is 7.08. The zero-order valence-electron chi connectivity index (χ0n) is 16.8. The standard InChI is InChI=1S/C21H24N6O2S/c1-2-16-7-9-17(10-8-16)27-21(23-24-25-27)30-15-20(28)22-18-5-3-4-6-19(18)26-11-13-29-14-12-26/h3-10H,2,11-15H2,1H3,(H,22,28). The first-order valence-corrected chi connectivity index (χ1v) is 10.9. The van der Waals surface area contributed by atoms with Gasteiger partial charge in [-0.3, -0.25) is 4.79 Å². The van der Waals surface area contributed by atoms with Gasteiger partial charge in [0.1, 0.15) is 0 Å².